The summed E-state index contributed by atoms with van der Waals surface area (Å²) in [5.74, 6) is 1.95. The maximum Gasteiger partial charge on any atom is 0.128 e. The molecule has 0 aliphatic carbocycles. The molecule has 2 rings (SSSR count). The van der Waals surface area contributed by atoms with Gasteiger partial charge in [-0.3, -0.25) is 0 Å². The van der Waals surface area contributed by atoms with Gasteiger partial charge in [-0.2, -0.15) is 0 Å². The molecule has 2 aromatic heterocycles. The zero-order valence-electron chi connectivity index (χ0n) is 11.1. The minimum atomic E-state index is 0.308. The van der Waals surface area contributed by atoms with Crippen LogP contribution in [0.5, 0.6) is 0 Å². The molecule has 0 aliphatic heterocycles. The maximum absolute atomic E-state index is 5.33. The van der Waals surface area contributed by atoms with Gasteiger partial charge in [0.25, 0.3) is 0 Å². The Hall–Kier alpha value is -1.97. The van der Waals surface area contributed by atoms with Crippen molar-refractivity contribution >= 4 is 11.5 Å². The maximum atomic E-state index is 5.33. The van der Waals surface area contributed by atoms with Gasteiger partial charge in [0.05, 0.1) is 18.1 Å². The van der Waals surface area contributed by atoms with Crippen LogP contribution in [0.15, 0.2) is 41.1 Å². The predicted octanol–water partition coefficient (Wildman–Crippen LogP) is 2.78. The van der Waals surface area contributed by atoms with Crippen molar-refractivity contribution in [3.8, 4) is 0 Å². The van der Waals surface area contributed by atoms with Crippen molar-refractivity contribution in [3.63, 3.8) is 0 Å². The molecule has 4 heteroatoms. The number of nitrogens with zero attached hydrogens (tertiary/aromatic N) is 2. The van der Waals surface area contributed by atoms with Crippen molar-refractivity contribution in [1.29, 1.82) is 0 Å². The number of hydrogen-bond donors (Lipinski definition) is 1. The van der Waals surface area contributed by atoms with Gasteiger partial charge < -0.3 is 14.6 Å². The normalized spacial score (nSPS) is 12.2. The highest BCUT2D eigenvalue weighted by molar-refractivity contribution is 5.48. The van der Waals surface area contributed by atoms with E-state index in [0.717, 1.165) is 23.7 Å². The van der Waals surface area contributed by atoms with E-state index in [4.69, 9.17) is 4.42 Å². The van der Waals surface area contributed by atoms with Crippen LogP contribution in [0.3, 0.4) is 0 Å². The van der Waals surface area contributed by atoms with E-state index in [2.05, 4.69) is 17.2 Å². The first-order valence-corrected chi connectivity index (χ1v) is 6.07. The monoisotopic (exact) mass is 245 g/mol. The summed E-state index contributed by atoms with van der Waals surface area (Å²) >= 11 is 0. The van der Waals surface area contributed by atoms with Crippen LogP contribution >= 0.6 is 0 Å². The fraction of sp³-hybridized carbons (Fsp3) is 0.357. The lowest BCUT2D eigenvalue weighted by atomic mass is 10.2. The topological polar surface area (TPSA) is 41.3 Å². The van der Waals surface area contributed by atoms with Crippen LogP contribution in [0.1, 0.15) is 12.7 Å². The van der Waals surface area contributed by atoms with Gasteiger partial charge >= 0.3 is 0 Å². The van der Waals surface area contributed by atoms with E-state index in [-0.39, 0.29) is 0 Å². The number of anilines is 2. The lowest BCUT2D eigenvalue weighted by molar-refractivity contribution is 0.498. The van der Waals surface area contributed by atoms with E-state index in [1.807, 2.05) is 49.5 Å². The lowest BCUT2D eigenvalue weighted by Gasteiger charge is -2.15. The molecule has 0 aliphatic rings. The average Bonchev–Trinajstić information content (AvgIpc) is 2.82. The van der Waals surface area contributed by atoms with Crippen LogP contribution < -0.4 is 10.2 Å². The van der Waals surface area contributed by atoms with Crippen molar-refractivity contribution in [2.45, 2.75) is 19.4 Å². The highest BCUT2D eigenvalue weighted by atomic mass is 16.3. The molecule has 4 nitrogen and oxygen atoms in total. The fourth-order valence-corrected chi connectivity index (χ4v) is 1.80. The molecule has 96 valence electrons. The van der Waals surface area contributed by atoms with E-state index in [1.165, 1.54) is 0 Å². The van der Waals surface area contributed by atoms with Crippen LogP contribution in [0.25, 0.3) is 0 Å². The molecule has 2 heterocycles. The zero-order chi connectivity index (χ0) is 13.0. The molecule has 0 spiro atoms. The highest BCUT2D eigenvalue weighted by Crippen LogP contribution is 2.14. The summed E-state index contributed by atoms with van der Waals surface area (Å²) in [5.41, 5.74) is 1.03. The van der Waals surface area contributed by atoms with Crippen LogP contribution in [-0.2, 0) is 6.42 Å². The van der Waals surface area contributed by atoms with Crippen molar-refractivity contribution in [2.75, 3.05) is 24.3 Å². The summed E-state index contributed by atoms with van der Waals surface area (Å²) in [6.45, 7) is 2.13. The van der Waals surface area contributed by atoms with Crippen molar-refractivity contribution in [3.05, 3.63) is 42.5 Å². The number of aromatic nitrogens is 1. The van der Waals surface area contributed by atoms with E-state index < -0.39 is 0 Å². The summed E-state index contributed by atoms with van der Waals surface area (Å²) in [6.07, 6.45) is 4.42. The van der Waals surface area contributed by atoms with Crippen LogP contribution in [0, 0.1) is 0 Å². The number of nitrogens with one attached hydrogen (secondary N) is 1. The first-order chi connectivity index (χ1) is 8.65. The van der Waals surface area contributed by atoms with Crippen LogP contribution in [0.2, 0.25) is 0 Å². The standard InChI is InChI=1S/C14H19N3O/c1-11(9-13-5-4-8-18-13)16-12-6-7-14(15-10-12)17(2)3/h4-8,10-11,16H,9H2,1-3H3. The van der Waals surface area contributed by atoms with Gasteiger partial charge in [0.2, 0.25) is 0 Å². The summed E-state index contributed by atoms with van der Waals surface area (Å²) in [5, 5.41) is 3.41. The number of furan rings is 1. The number of hydrogen-bond acceptors (Lipinski definition) is 4. The molecule has 0 saturated heterocycles. The molecular formula is C14H19N3O. The third-order valence-electron chi connectivity index (χ3n) is 2.71. The van der Waals surface area contributed by atoms with E-state index >= 15 is 0 Å². The Morgan fingerprint density at radius 3 is 2.72 bits per heavy atom. The molecular weight excluding hydrogens is 226 g/mol. The minimum Gasteiger partial charge on any atom is -0.469 e. The minimum absolute atomic E-state index is 0.308. The Morgan fingerprint density at radius 2 is 2.17 bits per heavy atom. The molecule has 1 atom stereocenters. The summed E-state index contributed by atoms with van der Waals surface area (Å²) in [6, 6.07) is 8.26. The van der Waals surface area contributed by atoms with Gasteiger partial charge in [0.15, 0.2) is 0 Å². The third-order valence-corrected chi connectivity index (χ3v) is 2.71. The van der Waals surface area contributed by atoms with Crippen LogP contribution in [-0.4, -0.2) is 25.1 Å². The van der Waals surface area contributed by atoms with Gasteiger partial charge in [0.1, 0.15) is 11.6 Å². The second-order valence-corrected chi connectivity index (χ2v) is 4.63. The van der Waals surface area contributed by atoms with E-state index in [1.54, 1.807) is 6.26 Å². The summed E-state index contributed by atoms with van der Waals surface area (Å²) < 4.78 is 5.33. The first-order valence-electron chi connectivity index (χ1n) is 6.07. The Morgan fingerprint density at radius 1 is 1.33 bits per heavy atom. The van der Waals surface area contributed by atoms with Crippen molar-refractivity contribution in [1.82, 2.24) is 4.98 Å². The predicted molar refractivity (Wildman–Crippen MR) is 74.1 cm³/mol. The molecule has 0 radical (unpaired) electrons. The molecule has 0 fully saturated rings. The van der Waals surface area contributed by atoms with Crippen molar-refractivity contribution < 1.29 is 4.42 Å². The molecule has 0 aromatic carbocycles. The van der Waals surface area contributed by atoms with Crippen LogP contribution in [0.4, 0.5) is 11.5 Å². The summed E-state index contributed by atoms with van der Waals surface area (Å²) in [4.78, 5) is 6.35. The Bertz CT molecular complexity index is 462. The Labute approximate surface area is 108 Å². The molecule has 0 amide bonds. The third kappa shape index (κ3) is 3.26. The summed E-state index contributed by atoms with van der Waals surface area (Å²) in [7, 11) is 3.96. The molecule has 18 heavy (non-hydrogen) atoms. The number of rotatable bonds is 5. The van der Waals surface area contributed by atoms with E-state index in [0.29, 0.717) is 6.04 Å². The molecule has 0 saturated carbocycles. The molecule has 2 aromatic rings. The quantitative estimate of drug-likeness (QED) is 0.879. The molecule has 0 bridgehead atoms. The smallest absolute Gasteiger partial charge is 0.128 e. The van der Waals surface area contributed by atoms with Gasteiger partial charge in [-0.25, -0.2) is 4.98 Å². The Kier molecular flexibility index (Phi) is 3.87. The number of pyridine rings is 1. The SMILES string of the molecule is CC(Cc1ccco1)Nc1ccc(N(C)C)nc1. The Balaban J connectivity index is 1.92. The fourth-order valence-electron chi connectivity index (χ4n) is 1.80. The molecule has 1 unspecified atom stereocenters. The largest absolute Gasteiger partial charge is 0.469 e. The van der Waals surface area contributed by atoms with Gasteiger partial charge in [0, 0.05) is 26.6 Å². The average molecular weight is 245 g/mol. The first kappa shape index (κ1) is 12.5. The molecule has 1 N–H and O–H groups in total. The van der Waals surface area contributed by atoms with Gasteiger partial charge in [-0.05, 0) is 31.2 Å². The second kappa shape index (κ2) is 5.58. The highest BCUT2D eigenvalue weighted by Gasteiger charge is 2.06. The van der Waals surface area contributed by atoms with Gasteiger partial charge in [-0.15, -0.1) is 0 Å². The van der Waals surface area contributed by atoms with Crippen molar-refractivity contribution in [2.24, 2.45) is 0 Å². The lowest BCUT2D eigenvalue weighted by Crippen LogP contribution is -2.18. The second-order valence-electron chi connectivity index (χ2n) is 4.63. The zero-order valence-corrected chi connectivity index (χ0v) is 11.1. The van der Waals surface area contributed by atoms with E-state index in [9.17, 15) is 0 Å². The van der Waals surface area contributed by atoms with Gasteiger partial charge in [-0.1, -0.05) is 0 Å².